The molecule has 2 aromatic carbocycles. The number of ether oxygens (including phenoxy) is 1. The molecule has 31 heavy (non-hydrogen) atoms. The Balaban J connectivity index is 1.60. The Morgan fingerprint density at radius 3 is 2.77 bits per heavy atom. The van der Waals surface area contributed by atoms with Crippen molar-refractivity contribution in [2.45, 2.75) is 13.6 Å². The zero-order valence-electron chi connectivity index (χ0n) is 16.6. The number of anilines is 1. The fourth-order valence-corrected chi connectivity index (χ4v) is 4.14. The first-order valence-corrected chi connectivity index (χ1v) is 10.3. The lowest BCUT2D eigenvalue weighted by molar-refractivity contribution is -0.384. The predicted molar refractivity (Wildman–Crippen MR) is 116 cm³/mol. The van der Waals surface area contributed by atoms with E-state index < -0.39 is 4.92 Å². The molecule has 158 valence electrons. The van der Waals surface area contributed by atoms with Crippen molar-refractivity contribution in [1.29, 1.82) is 0 Å². The van der Waals surface area contributed by atoms with Gasteiger partial charge in [0.25, 0.3) is 11.2 Å². The highest BCUT2D eigenvalue weighted by Gasteiger charge is 2.17. The Labute approximate surface area is 180 Å². The summed E-state index contributed by atoms with van der Waals surface area (Å²) >= 11 is 1.25. The number of carbonyl (C=O) groups is 1. The third-order valence-electron chi connectivity index (χ3n) is 4.70. The maximum absolute atomic E-state index is 12.9. The molecule has 9 nitrogen and oxygen atoms in total. The summed E-state index contributed by atoms with van der Waals surface area (Å²) in [7, 11) is 0. The van der Waals surface area contributed by atoms with Crippen LogP contribution in [0.25, 0.3) is 6.08 Å². The third kappa shape index (κ3) is 4.24. The number of aromatic nitrogens is 1. The topological polar surface area (TPSA) is 107 Å². The number of nitrogens with zero attached hydrogens (tertiary/aromatic N) is 4. The number of hydrogen-bond acceptors (Lipinski definition) is 8. The lowest BCUT2D eigenvalue weighted by Gasteiger charge is -2.25. The van der Waals surface area contributed by atoms with Gasteiger partial charge in [-0.3, -0.25) is 19.5 Å². The van der Waals surface area contributed by atoms with Gasteiger partial charge in [0, 0.05) is 17.8 Å². The van der Waals surface area contributed by atoms with Crippen LogP contribution in [0.4, 0.5) is 11.4 Å². The smallest absolute Gasteiger partial charge is 0.338 e. The lowest BCUT2D eigenvalue weighted by atomic mass is 10.2. The summed E-state index contributed by atoms with van der Waals surface area (Å²) < 4.78 is 7.01. The van der Waals surface area contributed by atoms with Crippen LogP contribution in [0.1, 0.15) is 22.8 Å². The highest BCUT2D eigenvalue weighted by Crippen LogP contribution is 2.17. The molecule has 0 bridgehead atoms. The van der Waals surface area contributed by atoms with E-state index in [4.69, 9.17) is 4.74 Å². The molecule has 0 unspecified atom stereocenters. The lowest BCUT2D eigenvalue weighted by Crippen LogP contribution is -2.42. The second-order valence-corrected chi connectivity index (χ2v) is 7.74. The van der Waals surface area contributed by atoms with Gasteiger partial charge in [-0.1, -0.05) is 23.5 Å². The minimum atomic E-state index is -0.468. The zero-order chi connectivity index (χ0) is 22.0. The van der Waals surface area contributed by atoms with Gasteiger partial charge in [0.2, 0.25) is 0 Å². The van der Waals surface area contributed by atoms with Gasteiger partial charge in [0.05, 0.1) is 21.6 Å². The SMILES string of the molecule is CCOC(=O)c1ccc(N2CN=c3s/c(=C\c4cccc([N+](=O)[O-])c4)c(=O)n3C2)cc1. The van der Waals surface area contributed by atoms with Gasteiger partial charge in [-0.15, -0.1) is 0 Å². The molecule has 0 fully saturated rings. The van der Waals surface area contributed by atoms with Gasteiger partial charge in [-0.25, -0.2) is 9.79 Å². The van der Waals surface area contributed by atoms with Crippen LogP contribution in [0.5, 0.6) is 0 Å². The number of nitro groups is 1. The Morgan fingerprint density at radius 1 is 1.29 bits per heavy atom. The Morgan fingerprint density at radius 2 is 2.06 bits per heavy atom. The van der Waals surface area contributed by atoms with Gasteiger partial charge >= 0.3 is 5.97 Å². The first-order chi connectivity index (χ1) is 15.0. The number of hydrogen-bond donors (Lipinski definition) is 0. The average Bonchev–Trinajstić information content (AvgIpc) is 3.09. The number of thiazole rings is 1. The summed E-state index contributed by atoms with van der Waals surface area (Å²) in [5.41, 5.74) is 1.63. The largest absolute Gasteiger partial charge is 0.462 e. The molecule has 1 aliphatic rings. The van der Waals surface area contributed by atoms with E-state index >= 15 is 0 Å². The van der Waals surface area contributed by atoms with E-state index in [2.05, 4.69) is 4.99 Å². The summed E-state index contributed by atoms with van der Waals surface area (Å²) in [6.07, 6.45) is 1.64. The second-order valence-electron chi connectivity index (χ2n) is 6.73. The third-order valence-corrected chi connectivity index (χ3v) is 5.74. The fraction of sp³-hybridized carbons (Fsp3) is 0.190. The quantitative estimate of drug-likeness (QED) is 0.342. The van der Waals surface area contributed by atoms with E-state index in [0.29, 0.717) is 40.4 Å². The maximum Gasteiger partial charge on any atom is 0.338 e. The molecule has 0 saturated carbocycles. The Kier molecular flexibility index (Phi) is 5.63. The van der Waals surface area contributed by atoms with Gasteiger partial charge in [0.1, 0.15) is 13.3 Å². The van der Waals surface area contributed by atoms with E-state index in [-0.39, 0.29) is 17.2 Å². The summed E-state index contributed by atoms with van der Waals surface area (Å²) in [6, 6.07) is 13.1. The molecule has 0 N–H and O–H groups in total. The minimum Gasteiger partial charge on any atom is -0.462 e. The Hall–Kier alpha value is -3.79. The molecule has 0 amide bonds. The van der Waals surface area contributed by atoms with Crippen molar-refractivity contribution >= 4 is 34.8 Å². The molecule has 0 saturated heterocycles. The number of carbonyl (C=O) groups excluding carboxylic acids is 1. The molecular formula is C21H18N4O5S. The Bertz CT molecular complexity index is 1330. The van der Waals surface area contributed by atoms with Crippen molar-refractivity contribution in [1.82, 2.24) is 4.57 Å². The first-order valence-electron chi connectivity index (χ1n) is 9.48. The van der Waals surface area contributed by atoms with Gasteiger partial charge in [-0.2, -0.15) is 0 Å². The number of non-ortho nitro benzene ring substituents is 1. The molecule has 3 aromatic rings. The summed E-state index contributed by atoms with van der Waals surface area (Å²) in [5.74, 6) is -0.380. The standard InChI is InChI=1S/C21H18N4O5S/c1-2-30-20(27)15-6-8-16(9-7-15)23-12-22-21-24(13-23)19(26)18(31-21)11-14-4-3-5-17(10-14)25(28)29/h3-11H,2,12-13H2,1H3/b18-11-. The predicted octanol–water partition coefficient (Wildman–Crippen LogP) is 1.88. The second kappa shape index (κ2) is 8.52. The van der Waals surface area contributed by atoms with Crippen LogP contribution in [-0.2, 0) is 11.4 Å². The first kappa shape index (κ1) is 20.5. The number of esters is 1. The van der Waals surface area contributed by atoms with Crippen molar-refractivity contribution in [2.75, 3.05) is 18.2 Å². The normalized spacial score (nSPS) is 13.5. The van der Waals surface area contributed by atoms with Crippen molar-refractivity contribution in [3.05, 3.63) is 89.5 Å². The summed E-state index contributed by atoms with van der Waals surface area (Å²) in [6.45, 7) is 2.75. The van der Waals surface area contributed by atoms with Crippen LogP contribution in [0.15, 0.2) is 58.3 Å². The molecule has 0 atom stereocenters. The molecular weight excluding hydrogens is 420 g/mol. The van der Waals surface area contributed by atoms with Crippen LogP contribution < -0.4 is 19.8 Å². The van der Waals surface area contributed by atoms with Crippen molar-refractivity contribution < 1.29 is 14.5 Å². The van der Waals surface area contributed by atoms with Crippen molar-refractivity contribution in [3.63, 3.8) is 0 Å². The van der Waals surface area contributed by atoms with Crippen molar-refractivity contribution in [3.8, 4) is 0 Å². The van der Waals surface area contributed by atoms with E-state index in [9.17, 15) is 19.7 Å². The number of nitro benzene ring substituents is 1. The van der Waals surface area contributed by atoms with E-state index in [1.807, 2.05) is 4.90 Å². The van der Waals surface area contributed by atoms with Crippen LogP contribution in [0.3, 0.4) is 0 Å². The van der Waals surface area contributed by atoms with Crippen LogP contribution in [-0.4, -0.2) is 28.7 Å². The van der Waals surface area contributed by atoms with Crippen molar-refractivity contribution in [2.24, 2.45) is 4.99 Å². The molecule has 10 heteroatoms. The minimum absolute atomic E-state index is 0.0303. The van der Waals surface area contributed by atoms with E-state index in [1.165, 1.54) is 23.5 Å². The van der Waals surface area contributed by atoms with Gasteiger partial charge < -0.3 is 9.64 Å². The van der Waals surface area contributed by atoms with Gasteiger partial charge in [-0.05, 0) is 42.8 Å². The highest BCUT2D eigenvalue weighted by molar-refractivity contribution is 7.07. The van der Waals surface area contributed by atoms with Crippen LogP contribution >= 0.6 is 11.3 Å². The van der Waals surface area contributed by atoms with E-state index in [0.717, 1.165) is 5.69 Å². The fourth-order valence-electron chi connectivity index (χ4n) is 3.18. The number of rotatable bonds is 5. The van der Waals surface area contributed by atoms with Gasteiger partial charge in [0.15, 0.2) is 4.80 Å². The summed E-state index contributed by atoms with van der Waals surface area (Å²) in [5, 5.41) is 11.0. The maximum atomic E-state index is 12.9. The number of benzene rings is 2. The molecule has 1 aromatic heterocycles. The molecule has 4 rings (SSSR count). The zero-order valence-corrected chi connectivity index (χ0v) is 17.4. The molecule has 1 aliphatic heterocycles. The van der Waals surface area contributed by atoms with Crippen LogP contribution in [0, 0.1) is 10.1 Å². The average molecular weight is 438 g/mol. The summed E-state index contributed by atoms with van der Waals surface area (Å²) in [4.78, 5) is 42.2. The molecule has 0 radical (unpaired) electrons. The highest BCUT2D eigenvalue weighted by atomic mass is 32.1. The molecule has 0 aliphatic carbocycles. The monoisotopic (exact) mass is 438 g/mol. The number of fused-ring (bicyclic) bond motifs is 1. The van der Waals surface area contributed by atoms with E-state index in [1.54, 1.807) is 54.0 Å². The molecule has 2 heterocycles. The molecule has 0 spiro atoms. The van der Waals surface area contributed by atoms with Crippen LogP contribution in [0.2, 0.25) is 0 Å².